The second-order valence-electron chi connectivity index (χ2n) is 4.51. The van der Waals surface area contributed by atoms with Gasteiger partial charge in [0.15, 0.2) is 5.78 Å². The van der Waals surface area contributed by atoms with Crippen molar-refractivity contribution in [1.82, 2.24) is 0 Å². The summed E-state index contributed by atoms with van der Waals surface area (Å²) in [6.07, 6.45) is 1.77. The van der Waals surface area contributed by atoms with Crippen LogP contribution >= 0.6 is 11.6 Å². The van der Waals surface area contributed by atoms with E-state index < -0.39 is 0 Å². The molecule has 19 heavy (non-hydrogen) atoms. The minimum atomic E-state index is 0.0118. The highest BCUT2D eigenvalue weighted by molar-refractivity contribution is 6.35. The molecule has 2 aromatic rings. The third-order valence-electron chi connectivity index (χ3n) is 3.33. The highest BCUT2D eigenvalue weighted by atomic mass is 35.5. The first-order valence-corrected chi connectivity index (χ1v) is 6.96. The molecule has 2 heteroatoms. The predicted molar refractivity (Wildman–Crippen MR) is 80.1 cm³/mol. The molecule has 1 nitrogen and oxygen atoms in total. The summed E-state index contributed by atoms with van der Waals surface area (Å²) in [5.41, 5.74) is 3.59. The Labute approximate surface area is 119 Å². The molecule has 0 heterocycles. The Morgan fingerprint density at radius 3 is 2.37 bits per heavy atom. The molecule has 0 bridgehead atoms. The van der Waals surface area contributed by atoms with Gasteiger partial charge in [-0.2, -0.15) is 0 Å². The van der Waals surface area contributed by atoms with Gasteiger partial charge in [-0.25, -0.2) is 0 Å². The Hall–Kier alpha value is -1.60. The molecule has 0 fully saturated rings. The van der Waals surface area contributed by atoms with Crippen LogP contribution in [0.5, 0.6) is 0 Å². The molecule has 0 spiro atoms. The van der Waals surface area contributed by atoms with Crippen LogP contribution in [-0.4, -0.2) is 5.78 Å². The Bertz CT molecular complexity index is 602. The summed E-state index contributed by atoms with van der Waals surface area (Å²) in [6.45, 7) is 4.15. The molecule has 0 aliphatic rings. The van der Waals surface area contributed by atoms with E-state index in [0.29, 0.717) is 10.6 Å². The van der Waals surface area contributed by atoms with Crippen molar-refractivity contribution >= 4 is 17.4 Å². The maximum Gasteiger partial charge on any atom is 0.194 e. The van der Waals surface area contributed by atoms with Gasteiger partial charge in [-0.05, 0) is 42.2 Å². The van der Waals surface area contributed by atoms with Gasteiger partial charge in [0.1, 0.15) is 0 Å². The molecule has 0 atom stereocenters. The number of ketones is 1. The van der Waals surface area contributed by atoms with E-state index in [4.69, 9.17) is 11.6 Å². The van der Waals surface area contributed by atoms with Gasteiger partial charge in [0.05, 0.1) is 5.02 Å². The Morgan fingerprint density at radius 1 is 1.00 bits per heavy atom. The van der Waals surface area contributed by atoms with E-state index in [9.17, 15) is 4.79 Å². The van der Waals surface area contributed by atoms with Crippen LogP contribution in [0.1, 0.15) is 40.9 Å². The SMILES string of the molecule is CCc1ccc(CC)c(C(=O)c2ccccc2Cl)c1. The molecule has 0 N–H and O–H groups in total. The van der Waals surface area contributed by atoms with E-state index >= 15 is 0 Å². The molecule has 0 saturated carbocycles. The van der Waals surface area contributed by atoms with Crippen LogP contribution in [0.25, 0.3) is 0 Å². The highest BCUT2D eigenvalue weighted by Gasteiger charge is 2.15. The average Bonchev–Trinajstić information content (AvgIpc) is 2.46. The molecular weight excluding hydrogens is 256 g/mol. The topological polar surface area (TPSA) is 17.1 Å². The Balaban J connectivity index is 2.51. The van der Waals surface area contributed by atoms with Crippen LogP contribution in [0.4, 0.5) is 0 Å². The van der Waals surface area contributed by atoms with E-state index in [1.54, 1.807) is 12.1 Å². The first-order chi connectivity index (χ1) is 9.17. The summed E-state index contributed by atoms with van der Waals surface area (Å²) < 4.78 is 0. The largest absolute Gasteiger partial charge is 0.289 e. The zero-order valence-electron chi connectivity index (χ0n) is 11.2. The van der Waals surface area contributed by atoms with Crippen molar-refractivity contribution in [3.05, 3.63) is 69.7 Å². The molecular formula is C17H17ClO. The standard InChI is InChI=1S/C17H17ClO/c1-3-12-9-10-13(4-2)15(11-12)17(19)14-7-5-6-8-16(14)18/h5-11H,3-4H2,1-2H3. The van der Waals surface area contributed by atoms with Crippen molar-refractivity contribution in [2.45, 2.75) is 26.7 Å². The van der Waals surface area contributed by atoms with E-state index in [0.717, 1.165) is 24.0 Å². The van der Waals surface area contributed by atoms with Gasteiger partial charge in [0.2, 0.25) is 0 Å². The quantitative estimate of drug-likeness (QED) is 0.738. The number of carbonyl (C=O) groups excluding carboxylic acids is 1. The molecule has 0 radical (unpaired) electrons. The second-order valence-corrected chi connectivity index (χ2v) is 4.91. The van der Waals surface area contributed by atoms with Gasteiger partial charge in [-0.15, -0.1) is 0 Å². The molecule has 0 unspecified atom stereocenters. The number of carbonyl (C=O) groups is 1. The molecule has 0 aliphatic carbocycles. The van der Waals surface area contributed by atoms with Crippen molar-refractivity contribution in [3.63, 3.8) is 0 Å². The molecule has 2 aromatic carbocycles. The number of benzene rings is 2. The van der Waals surface area contributed by atoms with E-state index in [2.05, 4.69) is 19.9 Å². The lowest BCUT2D eigenvalue weighted by atomic mass is 9.94. The Kier molecular flexibility index (Phi) is 4.39. The number of aryl methyl sites for hydroxylation is 2. The van der Waals surface area contributed by atoms with Gasteiger partial charge in [-0.3, -0.25) is 4.79 Å². The summed E-state index contributed by atoms with van der Waals surface area (Å²) in [4.78, 5) is 12.6. The fourth-order valence-electron chi connectivity index (χ4n) is 2.15. The second kappa shape index (κ2) is 6.03. The zero-order valence-corrected chi connectivity index (χ0v) is 12.0. The summed E-state index contributed by atoms with van der Waals surface area (Å²) in [6, 6.07) is 13.3. The first-order valence-electron chi connectivity index (χ1n) is 6.58. The van der Waals surface area contributed by atoms with Gasteiger partial charge in [-0.1, -0.05) is 49.7 Å². The van der Waals surface area contributed by atoms with E-state index in [1.807, 2.05) is 24.3 Å². The fourth-order valence-corrected chi connectivity index (χ4v) is 2.38. The van der Waals surface area contributed by atoms with E-state index in [-0.39, 0.29) is 5.78 Å². The summed E-state index contributed by atoms with van der Waals surface area (Å²) in [7, 11) is 0. The smallest absolute Gasteiger partial charge is 0.194 e. The van der Waals surface area contributed by atoms with Crippen molar-refractivity contribution in [2.24, 2.45) is 0 Å². The zero-order chi connectivity index (χ0) is 13.8. The Morgan fingerprint density at radius 2 is 1.74 bits per heavy atom. The average molecular weight is 273 g/mol. The first kappa shape index (κ1) is 13.8. The minimum Gasteiger partial charge on any atom is -0.289 e. The number of hydrogen-bond acceptors (Lipinski definition) is 1. The van der Waals surface area contributed by atoms with Gasteiger partial charge >= 0.3 is 0 Å². The lowest BCUT2D eigenvalue weighted by Crippen LogP contribution is -2.06. The van der Waals surface area contributed by atoms with Crippen LogP contribution in [0.15, 0.2) is 42.5 Å². The maximum absolute atomic E-state index is 12.6. The summed E-state index contributed by atoms with van der Waals surface area (Å²) in [5, 5.41) is 0.511. The third kappa shape index (κ3) is 2.87. The van der Waals surface area contributed by atoms with Crippen molar-refractivity contribution in [3.8, 4) is 0 Å². The fraction of sp³-hybridized carbons (Fsp3) is 0.235. The number of hydrogen-bond donors (Lipinski definition) is 0. The van der Waals surface area contributed by atoms with Crippen LogP contribution in [0.2, 0.25) is 5.02 Å². The monoisotopic (exact) mass is 272 g/mol. The molecule has 2 rings (SSSR count). The lowest BCUT2D eigenvalue weighted by molar-refractivity contribution is 0.103. The van der Waals surface area contributed by atoms with Crippen molar-refractivity contribution in [2.75, 3.05) is 0 Å². The number of halogens is 1. The van der Waals surface area contributed by atoms with Crippen LogP contribution in [-0.2, 0) is 12.8 Å². The van der Waals surface area contributed by atoms with Crippen molar-refractivity contribution < 1.29 is 4.79 Å². The molecule has 98 valence electrons. The van der Waals surface area contributed by atoms with Gasteiger partial charge in [0.25, 0.3) is 0 Å². The molecule has 0 saturated heterocycles. The number of rotatable bonds is 4. The van der Waals surface area contributed by atoms with Crippen LogP contribution in [0, 0.1) is 0 Å². The van der Waals surface area contributed by atoms with Crippen LogP contribution in [0.3, 0.4) is 0 Å². The summed E-state index contributed by atoms with van der Waals surface area (Å²) in [5.74, 6) is 0.0118. The molecule has 0 amide bonds. The maximum atomic E-state index is 12.6. The predicted octanol–water partition coefficient (Wildman–Crippen LogP) is 4.70. The lowest BCUT2D eigenvalue weighted by Gasteiger charge is -2.10. The molecule has 0 aliphatic heterocycles. The normalized spacial score (nSPS) is 10.5. The highest BCUT2D eigenvalue weighted by Crippen LogP contribution is 2.22. The minimum absolute atomic E-state index is 0.0118. The van der Waals surface area contributed by atoms with Crippen LogP contribution < -0.4 is 0 Å². The molecule has 0 aromatic heterocycles. The van der Waals surface area contributed by atoms with Crippen molar-refractivity contribution in [1.29, 1.82) is 0 Å². The van der Waals surface area contributed by atoms with Gasteiger partial charge < -0.3 is 0 Å². The van der Waals surface area contributed by atoms with Gasteiger partial charge in [0, 0.05) is 11.1 Å². The summed E-state index contributed by atoms with van der Waals surface area (Å²) >= 11 is 6.12. The van der Waals surface area contributed by atoms with E-state index in [1.165, 1.54) is 5.56 Å². The third-order valence-corrected chi connectivity index (χ3v) is 3.66.